The summed E-state index contributed by atoms with van der Waals surface area (Å²) < 4.78 is 6.75. The SMILES string of the molecule is C[C@@H](C(=O)NC1CCCC1)N(CCc1ccccc1)C(=O)COc1ccc2ccccc2c1Br. The standard InChI is InChI=1S/C28H31BrN2O3/c1-20(28(33)30-23-12-6-7-13-23)31(18-17-21-9-3-2-4-10-21)26(32)19-34-25-16-15-22-11-5-8-14-24(22)27(25)29/h2-5,8-11,14-16,20,23H,6-7,12-13,17-19H2,1H3,(H,30,33)/t20-/m0/s1. The molecule has 0 bridgehead atoms. The number of carbonyl (C=O) groups is 2. The van der Waals surface area contributed by atoms with Gasteiger partial charge in [0.1, 0.15) is 11.8 Å². The quantitative estimate of drug-likeness (QED) is 0.403. The largest absolute Gasteiger partial charge is 0.483 e. The van der Waals surface area contributed by atoms with Gasteiger partial charge in [0.05, 0.1) is 4.47 Å². The molecule has 34 heavy (non-hydrogen) atoms. The highest BCUT2D eigenvalue weighted by atomic mass is 79.9. The first-order valence-corrected chi connectivity index (χ1v) is 12.8. The van der Waals surface area contributed by atoms with Crippen molar-refractivity contribution in [3.63, 3.8) is 0 Å². The lowest BCUT2D eigenvalue weighted by Crippen LogP contribution is -2.51. The number of rotatable bonds is 9. The molecule has 0 spiro atoms. The van der Waals surface area contributed by atoms with E-state index in [4.69, 9.17) is 4.74 Å². The van der Waals surface area contributed by atoms with E-state index in [2.05, 4.69) is 21.2 Å². The van der Waals surface area contributed by atoms with Crippen LogP contribution in [0.25, 0.3) is 10.8 Å². The number of ether oxygens (including phenoxy) is 1. The maximum Gasteiger partial charge on any atom is 0.261 e. The minimum Gasteiger partial charge on any atom is -0.483 e. The second kappa shape index (κ2) is 11.5. The van der Waals surface area contributed by atoms with Crippen molar-refractivity contribution >= 4 is 38.5 Å². The number of hydrogen-bond donors (Lipinski definition) is 1. The molecule has 1 saturated carbocycles. The second-order valence-corrected chi connectivity index (χ2v) is 9.67. The number of carbonyl (C=O) groups excluding carboxylic acids is 2. The molecule has 1 N–H and O–H groups in total. The minimum absolute atomic E-state index is 0.0970. The topological polar surface area (TPSA) is 58.6 Å². The first-order valence-electron chi connectivity index (χ1n) is 12.0. The van der Waals surface area contributed by atoms with Gasteiger partial charge in [-0.2, -0.15) is 0 Å². The highest BCUT2D eigenvalue weighted by Crippen LogP contribution is 2.33. The molecule has 2 amide bonds. The summed E-state index contributed by atoms with van der Waals surface area (Å²) in [5, 5.41) is 5.25. The molecule has 0 heterocycles. The Bertz CT molecular complexity index is 1130. The molecule has 6 heteroatoms. The number of benzene rings is 3. The Balaban J connectivity index is 1.45. The number of amides is 2. The summed E-state index contributed by atoms with van der Waals surface area (Å²) in [6.07, 6.45) is 4.98. The van der Waals surface area contributed by atoms with Gasteiger partial charge in [0, 0.05) is 12.6 Å². The Morgan fingerprint density at radius 3 is 2.50 bits per heavy atom. The van der Waals surface area contributed by atoms with Crippen molar-refractivity contribution in [3.8, 4) is 5.75 Å². The van der Waals surface area contributed by atoms with Gasteiger partial charge in [-0.1, -0.05) is 73.5 Å². The van der Waals surface area contributed by atoms with E-state index in [1.54, 1.807) is 11.8 Å². The van der Waals surface area contributed by atoms with E-state index >= 15 is 0 Å². The van der Waals surface area contributed by atoms with Crippen LogP contribution in [0.4, 0.5) is 0 Å². The Morgan fingerprint density at radius 1 is 1.03 bits per heavy atom. The van der Waals surface area contributed by atoms with Crippen LogP contribution < -0.4 is 10.1 Å². The molecule has 0 unspecified atom stereocenters. The number of nitrogens with one attached hydrogen (secondary N) is 1. The van der Waals surface area contributed by atoms with Crippen molar-refractivity contribution in [3.05, 3.63) is 76.8 Å². The molecule has 1 atom stereocenters. The van der Waals surface area contributed by atoms with Gasteiger partial charge in [-0.05, 0) is 64.5 Å². The molecule has 0 saturated heterocycles. The van der Waals surface area contributed by atoms with Crippen molar-refractivity contribution in [2.24, 2.45) is 0 Å². The Hall–Kier alpha value is -2.86. The maximum atomic E-state index is 13.3. The molecule has 0 radical (unpaired) electrons. The fraction of sp³-hybridized carbons (Fsp3) is 0.357. The van der Waals surface area contributed by atoms with Crippen LogP contribution in [0.2, 0.25) is 0 Å². The molecule has 0 aliphatic heterocycles. The minimum atomic E-state index is -0.569. The van der Waals surface area contributed by atoms with Gasteiger partial charge in [-0.15, -0.1) is 0 Å². The molecule has 5 nitrogen and oxygen atoms in total. The van der Waals surface area contributed by atoms with E-state index in [0.29, 0.717) is 18.7 Å². The monoisotopic (exact) mass is 522 g/mol. The third kappa shape index (κ3) is 5.98. The van der Waals surface area contributed by atoms with Crippen molar-refractivity contribution in [2.45, 2.75) is 51.1 Å². The van der Waals surface area contributed by atoms with Gasteiger partial charge in [-0.3, -0.25) is 9.59 Å². The lowest BCUT2D eigenvalue weighted by atomic mass is 10.1. The predicted octanol–water partition coefficient (Wildman–Crippen LogP) is 5.50. The molecule has 1 fully saturated rings. The van der Waals surface area contributed by atoms with Crippen LogP contribution in [-0.2, 0) is 16.0 Å². The first-order chi connectivity index (χ1) is 16.5. The summed E-state index contributed by atoms with van der Waals surface area (Å²) in [6, 6.07) is 21.5. The van der Waals surface area contributed by atoms with Crippen LogP contribution in [0.1, 0.15) is 38.2 Å². The average molecular weight is 523 g/mol. The molecule has 4 rings (SSSR count). The summed E-state index contributed by atoms with van der Waals surface area (Å²) in [6.45, 7) is 2.12. The zero-order chi connectivity index (χ0) is 23.9. The molecule has 0 aromatic heterocycles. The van der Waals surface area contributed by atoms with Crippen molar-refractivity contribution in [1.82, 2.24) is 10.2 Å². The highest BCUT2D eigenvalue weighted by Gasteiger charge is 2.28. The number of halogens is 1. The summed E-state index contributed by atoms with van der Waals surface area (Å²) in [5.41, 5.74) is 1.13. The molecule has 3 aromatic carbocycles. The molecule has 3 aromatic rings. The summed E-state index contributed by atoms with van der Waals surface area (Å²) in [4.78, 5) is 27.9. The van der Waals surface area contributed by atoms with E-state index in [1.807, 2.05) is 66.7 Å². The van der Waals surface area contributed by atoms with Gasteiger partial charge in [0.2, 0.25) is 5.91 Å². The number of fused-ring (bicyclic) bond motifs is 1. The molecule has 1 aliphatic rings. The van der Waals surface area contributed by atoms with E-state index in [9.17, 15) is 9.59 Å². The average Bonchev–Trinajstić information content (AvgIpc) is 3.37. The zero-order valence-electron chi connectivity index (χ0n) is 19.5. The summed E-state index contributed by atoms with van der Waals surface area (Å²) in [7, 11) is 0. The second-order valence-electron chi connectivity index (χ2n) is 8.88. The van der Waals surface area contributed by atoms with Crippen LogP contribution in [-0.4, -0.2) is 41.9 Å². The van der Waals surface area contributed by atoms with E-state index in [-0.39, 0.29) is 24.5 Å². The van der Waals surface area contributed by atoms with Gasteiger partial charge < -0.3 is 15.0 Å². The Morgan fingerprint density at radius 2 is 1.74 bits per heavy atom. The highest BCUT2D eigenvalue weighted by molar-refractivity contribution is 9.10. The zero-order valence-corrected chi connectivity index (χ0v) is 21.1. The van der Waals surface area contributed by atoms with Crippen LogP contribution in [0.3, 0.4) is 0 Å². The van der Waals surface area contributed by atoms with Gasteiger partial charge in [0.25, 0.3) is 5.91 Å². The fourth-order valence-electron chi connectivity index (χ4n) is 4.51. The summed E-state index contributed by atoms with van der Waals surface area (Å²) >= 11 is 3.62. The van der Waals surface area contributed by atoms with Crippen LogP contribution >= 0.6 is 15.9 Å². The lowest BCUT2D eigenvalue weighted by molar-refractivity contribution is -0.141. The van der Waals surface area contributed by atoms with Crippen LogP contribution in [0, 0.1) is 0 Å². The number of nitrogens with zero attached hydrogens (tertiary/aromatic N) is 1. The van der Waals surface area contributed by atoms with Crippen LogP contribution in [0.5, 0.6) is 5.75 Å². The third-order valence-corrected chi connectivity index (χ3v) is 7.35. The maximum absolute atomic E-state index is 13.3. The predicted molar refractivity (Wildman–Crippen MR) is 139 cm³/mol. The lowest BCUT2D eigenvalue weighted by Gasteiger charge is -2.29. The number of hydrogen-bond acceptors (Lipinski definition) is 3. The van der Waals surface area contributed by atoms with Gasteiger partial charge >= 0.3 is 0 Å². The molecule has 1 aliphatic carbocycles. The summed E-state index contributed by atoms with van der Waals surface area (Å²) in [5.74, 6) is 0.309. The van der Waals surface area contributed by atoms with Gasteiger partial charge in [-0.25, -0.2) is 0 Å². The Kier molecular flexibility index (Phi) is 8.22. The smallest absolute Gasteiger partial charge is 0.261 e. The van der Waals surface area contributed by atoms with Gasteiger partial charge in [0.15, 0.2) is 6.61 Å². The van der Waals surface area contributed by atoms with Crippen molar-refractivity contribution in [1.29, 1.82) is 0 Å². The first kappa shape index (κ1) is 24.3. The van der Waals surface area contributed by atoms with E-state index < -0.39 is 6.04 Å². The fourth-order valence-corrected chi connectivity index (χ4v) is 5.12. The van der Waals surface area contributed by atoms with E-state index in [1.165, 1.54) is 0 Å². The van der Waals surface area contributed by atoms with Crippen molar-refractivity contribution in [2.75, 3.05) is 13.2 Å². The third-order valence-electron chi connectivity index (χ3n) is 6.53. The molecular formula is C28H31BrN2O3. The van der Waals surface area contributed by atoms with Crippen molar-refractivity contribution < 1.29 is 14.3 Å². The normalized spacial score (nSPS) is 14.6. The molecule has 178 valence electrons. The Labute approximate surface area is 209 Å². The van der Waals surface area contributed by atoms with Crippen LogP contribution in [0.15, 0.2) is 71.2 Å². The van der Waals surface area contributed by atoms with E-state index in [0.717, 1.165) is 46.5 Å². The molecular weight excluding hydrogens is 492 g/mol.